The van der Waals surface area contributed by atoms with E-state index in [0.717, 1.165) is 45.1 Å². The lowest BCUT2D eigenvalue weighted by atomic mass is 9.77. The Morgan fingerprint density at radius 3 is 2.12 bits per heavy atom. The van der Waals surface area contributed by atoms with E-state index in [2.05, 4.69) is 176 Å². The number of fused-ring (bicyclic) bond motifs is 11. The number of para-hydroxylation sites is 1. The Hall–Kier alpha value is -6.53. The number of hydrogen-bond donors (Lipinski definition) is 0. The highest BCUT2D eigenvalue weighted by molar-refractivity contribution is 7.26. The monoisotopic (exact) mass is 749 g/mol. The molecule has 2 aliphatic rings. The van der Waals surface area contributed by atoms with Crippen LogP contribution >= 0.6 is 22.7 Å². The third-order valence-corrected chi connectivity index (χ3v) is 13.7. The molecular formula is C51H31N3S2. The Morgan fingerprint density at radius 2 is 1.20 bits per heavy atom. The van der Waals surface area contributed by atoms with Gasteiger partial charge in [-0.1, -0.05) is 127 Å². The number of hydrogen-bond acceptors (Lipinski definition) is 5. The molecule has 12 rings (SSSR count). The second kappa shape index (κ2) is 12.5. The van der Waals surface area contributed by atoms with Gasteiger partial charge < -0.3 is 0 Å². The summed E-state index contributed by atoms with van der Waals surface area (Å²) in [6.45, 7) is 0. The summed E-state index contributed by atoms with van der Waals surface area (Å²) in [7, 11) is 0. The molecule has 0 aliphatic heterocycles. The van der Waals surface area contributed by atoms with Crippen molar-refractivity contribution in [3.05, 3.63) is 187 Å². The number of pyridine rings is 1. The predicted molar refractivity (Wildman–Crippen MR) is 239 cm³/mol. The molecular weight excluding hydrogens is 719 g/mol. The van der Waals surface area contributed by atoms with E-state index in [9.17, 15) is 0 Å². The average Bonchev–Trinajstić information content (AvgIpc) is 3.84. The lowest BCUT2D eigenvalue weighted by Gasteiger charge is -2.28. The van der Waals surface area contributed by atoms with Gasteiger partial charge in [-0.05, 0) is 54.1 Å². The van der Waals surface area contributed by atoms with E-state index in [0.29, 0.717) is 0 Å². The first-order chi connectivity index (χ1) is 27.7. The van der Waals surface area contributed by atoms with Crippen LogP contribution in [-0.2, 0) is 0 Å². The van der Waals surface area contributed by atoms with Gasteiger partial charge in [-0.25, -0.2) is 9.97 Å². The number of rotatable bonds is 4. The number of benzene rings is 6. The molecule has 0 radical (unpaired) electrons. The standard InChI is InChI=1S/C51H31N3S2/c1-2-13-31(14-3-1)41-29-42(36-20-11-23-45-47(36)37-18-7-9-22-43(37)55-45)54-51(53-41)32-24-26-44-39(28-32)49-46(56-44)27-25-38-48(49)35-17-6-8-21-40(35)52-50(38)34-19-10-15-30-12-4-5-16-33(30)34/h1-29,33-34H. The van der Waals surface area contributed by atoms with Crippen molar-refractivity contribution in [2.24, 2.45) is 5.92 Å². The second-order valence-corrected chi connectivity index (χ2v) is 16.8. The molecule has 0 bridgehead atoms. The van der Waals surface area contributed by atoms with Crippen molar-refractivity contribution in [2.75, 3.05) is 0 Å². The molecule has 6 aromatic carbocycles. The van der Waals surface area contributed by atoms with Gasteiger partial charge in [-0.15, -0.1) is 22.7 Å². The number of allylic oxidation sites excluding steroid dienone is 8. The predicted octanol–water partition coefficient (Wildman–Crippen LogP) is 14.2. The lowest BCUT2D eigenvalue weighted by Crippen LogP contribution is -2.16. The molecule has 2 atom stereocenters. The number of thiophene rings is 2. The smallest absolute Gasteiger partial charge is 0.160 e. The van der Waals surface area contributed by atoms with Gasteiger partial charge in [0.25, 0.3) is 0 Å². The minimum Gasteiger partial charge on any atom is -0.252 e. The van der Waals surface area contributed by atoms with Crippen molar-refractivity contribution in [3.63, 3.8) is 0 Å². The summed E-state index contributed by atoms with van der Waals surface area (Å²) in [6.07, 6.45) is 15.6. The van der Waals surface area contributed by atoms with Crippen LogP contribution in [0.25, 0.3) is 95.9 Å². The normalized spacial score (nSPS) is 16.5. The lowest BCUT2D eigenvalue weighted by molar-refractivity contribution is 0.660. The van der Waals surface area contributed by atoms with Gasteiger partial charge in [-0.3, -0.25) is 4.98 Å². The Bertz CT molecular complexity index is 3380. The van der Waals surface area contributed by atoms with Gasteiger partial charge in [0.15, 0.2) is 5.82 Å². The molecule has 0 fully saturated rings. The fourth-order valence-corrected chi connectivity index (χ4v) is 11.1. The van der Waals surface area contributed by atoms with E-state index in [1.165, 1.54) is 62.1 Å². The molecule has 56 heavy (non-hydrogen) atoms. The molecule has 4 heterocycles. The molecule has 0 saturated heterocycles. The maximum Gasteiger partial charge on any atom is 0.160 e. The minimum absolute atomic E-state index is 0.138. The summed E-state index contributed by atoms with van der Waals surface area (Å²) in [5.41, 5.74) is 8.50. The van der Waals surface area contributed by atoms with Gasteiger partial charge in [0.1, 0.15) is 0 Å². The molecule has 2 unspecified atom stereocenters. The zero-order chi connectivity index (χ0) is 36.7. The number of nitrogens with zero attached hydrogens (tertiary/aromatic N) is 3. The third-order valence-electron chi connectivity index (χ3n) is 11.5. The fourth-order valence-electron chi connectivity index (χ4n) is 8.92. The van der Waals surface area contributed by atoms with Crippen LogP contribution in [0.15, 0.2) is 182 Å². The Kier molecular flexibility index (Phi) is 7.10. The van der Waals surface area contributed by atoms with Crippen molar-refractivity contribution in [2.45, 2.75) is 5.92 Å². The van der Waals surface area contributed by atoms with E-state index >= 15 is 0 Å². The molecule has 0 saturated carbocycles. The molecule has 10 aromatic rings. The molecule has 0 amide bonds. The summed E-state index contributed by atoms with van der Waals surface area (Å²) in [4.78, 5) is 16.1. The maximum absolute atomic E-state index is 5.42. The molecule has 5 heteroatoms. The topological polar surface area (TPSA) is 38.7 Å². The first kappa shape index (κ1) is 31.8. The number of aromatic nitrogens is 3. The van der Waals surface area contributed by atoms with Crippen molar-refractivity contribution in [3.8, 4) is 33.9 Å². The van der Waals surface area contributed by atoms with Gasteiger partial charge in [0.05, 0.1) is 22.6 Å². The summed E-state index contributed by atoms with van der Waals surface area (Å²) in [6, 6.07) is 47.9. The van der Waals surface area contributed by atoms with Crippen LogP contribution in [0.5, 0.6) is 0 Å². The van der Waals surface area contributed by atoms with Gasteiger partial charge in [0, 0.05) is 85.0 Å². The minimum atomic E-state index is 0.138. The van der Waals surface area contributed by atoms with Crippen LogP contribution in [0.1, 0.15) is 11.6 Å². The molecule has 4 aromatic heterocycles. The first-order valence-electron chi connectivity index (χ1n) is 19.0. The van der Waals surface area contributed by atoms with Crippen LogP contribution in [0, 0.1) is 5.92 Å². The van der Waals surface area contributed by atoms with Crippen molar-refractivity contribution in [1.29, 1.82) is 0 Å². The summed E-state index contributed by atoms with van der Waals surface area (Å²) in [5.74, 6) is 1.11. The van der Waals surface area contributed by atoms with Gasteiger partial charge in [0.2, 0.25) is 0 Å². The fraction of sp³-hybridized carbons (Fsp3) is 0.0392. The summed E-state index contributed by atoms with van der Waals surface area (Å²) >= 11 is 3.68. The maximum atomic E-state index is 5.42. The highest BCUT2D eigenvalue weighted by Crippen LogP contribution is 2.47. The summed E-state index contributed by atoms with van der Waals surface area (Å²) < 4.78 is 5.05. The zero-order valence-corrected chi connectivity index (χ0v) is 31.7. The van der Waals surface area contributed by atoms with E-state index in [1.807, 2.05) is 22.7 Å². The van der Waals surface area contributed by atoms with Crippen molar-refractivity contribution in [1.82, 2.24) is 15.0 Å². The molecule has 3 nitrogen and oxygen atoms in total. The van der Waals surface area contributed by atoms with E-state index in [1.54, 1.807) is 0 Å². The second-order valence-electron chi connectivity index (χ2n) is 14.6. The summed E-state index contributed by atoms with van der Waals surface area (Å²) in [5, 5.41) is 8.65. The average molecular weight is 750 g/mol. The zero-order valence-electron chi connectivity index (χ0n) is 30.1. The Balaban J connectivity index is 1.11. The van der Waals surface area contributed by atoms with Gasteiger partial charge in [-0.2, -0.15) is 0 Å². The molecule has 0 spiro atoms. The van der Waals surface area contributed by atoms with Crippen molar-refractivity contribution < 1.29 is 0 Å². The van der Waals surface area contributed by atoms with Crippen LogP contribution < -0.4 is 0 Å². The SMILES string of the molecule is C1=CC2=CC=CC(c3nc4ccccc4c4c3ccc3sc5ccc(-c6nc(-c7ccccc7)cc(-c7cccc8sc9ccccc9c78)n6)cc5c34)C2C=C1. The molecule has 0 N–H and O–H groups in total. The van der Waals surface area contributed by atoms with Crippen LogP contribution in [0.3, 0.4) is 0 Å². The van der Waals surface area contributed by atoms with Crippen LogP contribution in [-0.4, -0.2) is 15.0 Å². The first-order valence-corrected chi connectivity index (χ1v) is 20.6. The van der Waals surface area contributed by atoms with E-state index in [4.69, 9.17) is 15.0 Å². The highest BCUT2D eigenvalue weighted by atomic mass is 32.1. The van der Waals surface area contributed by atoms with Crippen LogP contribution in [0.4, 0.5) is 0 Å². The third kappa shape index (κ3) is 4.91. The molecule has 2 aliphatic carbocycles. The quantitative estimate of drug-likeness (QED) is 0.168. The Labute approximate surface area is 331 Å². The highest BCUT2D eigenvalue weighted by Gasteiger charge is 2.28. The largest absolute Gasteiger partial charge is 0.252 e. The van der Waals surface area contributed by atoms with E-state index < -0.39 is 0 Å². The van der Waals surface area contributed by atoms with E-state index in [-0.39, 0.29) is 11.8 Å². The van der Waals surface area contributed by atoms with Crippen LogP contribution in [0.2, 0.25) is 0 Å². The molecule has 262 valence electrons. The van der Waals surface area contributed by atoms with Gasteiger partial charge >= 0.3 is 0 Å². The van der Waals surface area contributed by atoms with Crippen molar-refractivity contribution >= 4 is 84.7 Å². The Morgan fingerprint density at radius 1 is 0.446 bits per heavy atom.